The zero-order chi connectivity index (χ0) is 11.4. The Morgan fingerprint density at radius 1 is 1.00 bits per heavy atom. The van der Waals surface area contributed by atoms with E-state index in [2.05, 4.69) is 0 Å². The fourth-order valence-electron chi connectivity index (χ4n) is 0.751. The molecule has 0 spiro atoms. The second-order valence-corrected chi connectivity index (χ2v) is 2.34. The first-order valence-corrected chi connectivity index (χ1v) is 4.13. The van der Waals surface area contributed by atoms with Crippen LogP contribution in [0.1, 0.15) is 19.4 Å². The van der Waals surface area contributed by atoms with Crippen LogP contribution >= 0.6 is 0 Å². The lowest BCUT2D eigenvalue weighted by Crippen LogP contribution is -2.06. The van der Waals surface area contributed by atoms with Crippen LogP contribution < -0.4 is 11.5 Å². The highest BCUT2D eigenvalue weighted by Gasteiger charge is 2.30. The second kappa shape index (κ2) is 4.74. The molecule has 0 saturated heterocycles. The van der Waals surface area contributed by atoms with Crippen LogP contribution in [0.15, 0.2) is 18.2 Å². The molecule has 1 aromatic rings. The second-order valence-electron chi connectivity index (χ2n) is 2.34. The molecule has 1 aromatic carbocycles. The van der Waals surface area contributed by atoms with Gasteiger partial charge in [-0.2, -0.15) is 13.2 Å². The molecule has 0 amide bonds. The molecule has 80 valence electrons. The Kier molecular flexibility index (Phi) is 4.27. The minimum absolute atomic E-state index is 0.0511. The Morgan fingerprint density at radius 2 is 1.50 bits per heavy atom. The summed E-state index contributed by atoms with van der Waals surface area (Å²) in [5.74, 6) is 0. The smallest absolute Gasteiger partial charge is 0.397 e. The summed E-state index contributed by atoms with van der Waals surface area (Å²) in [5, 5.41) is 0. The largest absolute Gasteiger partial charge is 0.416 e. The van der Waals surface area contributed by atoms with Crippen LogP contribution in [0.3, 0.4) is 0 Å². The molecule has 0 radical (unpaired) electrons. The van der Waals surface area contributed by atoms with Gasteiger partial charge in [0, 0.05) is 0 Å². The number of anilines is 2. The van der Waals surface area contributed by atoms with Crippen LogP contribution in [0.2, 0.25) is 0 Å². The van der Waals surface area contributed by atoms with E-state index in [1.807, 2.05) is 13.8 Å². The average Bonchev–Trinajstić information content (AvgIpc) is 2.11. The maximum Gasteiger partial charge on any atom is 0.416 e. The summed E-state index contributed by atoms with van der Waals surface area (Å²) in [5.41, 5.74) is 9.75. The molecule has 0 saturated carbocycles. The van der Waals surface area contributed by atoms with Crippen molar-refractivity contribution in [3.63, 3.8) is 0 Å². The van der Waals surface area contributed by atoms with E-state index in [9.17, 15) is 13.2 Å². The van der Waals surface area contributed by atoms with Crippen molar-refractivity contribution in [2.45, 2.75) is 20.0 Å². The summed E-state index contributed by atoms with van der Waals surface area (Å²) < 4.78 is 36.0. The highest BCUT2D eigenvalue weighted by molar-refractivity contribution is 5.64. The highest BCUT2D eigenvalue weighted by Crippen LogP contribution is 2.31. The average molecular weight is 206 g/mol. The Balaban J connectivity index is 0.000000791. The molecule has 14 heavy (non-hydrogen) atoms. The first-order chi connectivity index (χ1) is 6.41. The van der Waals surface area contributed by atoms with Crippen molar-refractivity contribution in [3.05, 3.63) is 23.8 Å². The third-order valence-electron chi connectivity index (χ3n) is 1.41. The lowest BCUT2D eigenvalue weighted by molar-refractivity contribution is -0.137. The number of alkyl halides is 3. The van der Waals surface area contributed by atoms with Gasteiger partial charge in [-0.15, -0.1) is 0 Å². The van der Waals surface area contributed by atoms with Gasteiger partial charge in [0.2, 0.25) is 0 Å². The molecule has 2 nitrogen and oxygen atoms in total. The summed E-state index contributed by atoms with van der Waals surface area (Å²) in [6.07, 6.45) is -4.36. The fraction of sp³-hybridized carbons (Fsp3) is 0.333. The molecule has 0 aliphatic heterocycles. The van der Waals surface area contributed by atoms with Crippen molar-refractivity contribution in [3.8, 4) is 0 Å². The van der Waals surface area contributed by atoms with Gasteiger partial charge < -0.3 is 11.5 Å². The van der Waals surface area contributed by atoms with Crippen LogP contribution in [-0.2, 0) is 6.18 Å². The van der Waals surface area contributed by atoms with Gasteiger partial charge in [-0.1, -0.05) is 13.8 Å². The van der Waals surface area contributed by atoms with Gasteiger partial charge >= 0.3 is 6.18 Å². The zero-order valence-electron chi connectivity index (χ0n) is 8.02. The number of hydrogen-bond acceptors (Lipinski definition) is 2. The van der Waals surface area contributed by atoms with Gasteiger partial charge in [-0.3, -0.25) is 0 Å². The molecular formula is C9H13F3N2. The van der Waals surface area contributed by atoms with Crippen LogP contribution in [0.25, 0.3) is 0 Å². The topological polar surface area (TPSA) is 52.0 Å². The molecule has 0 bridgehead atoms. The molecule has 4 N–H and O–H groups in total. The Hall–Kier alpha value is -1.39. The van der Waals surface area contributed by atoms with Crippen LogP contribution in [0.4, 0.5) is 24.5 Å². The van der Waals surface area contributed by atoms with E-state index in [1.54, 1.807) is 0 Å². The van der Waals surface area contributed by atoms with Gasteiger partial charge in [-0.05, 0) is 18.2 Å². The van der Waals surface area contributed by atoms with Gasteiger partial charge in [0.1, 0.15) is 0 Å². The lowest BCUT2D eigenvalue weighted by atomic mass is 10.2. The fourth-order valence-corrected chi connectivity index (χ4v) is 0.751. The molecule has 1 rings (SSSR count). The Morgan fingerprint density at radius 3 is 1.86 bits per heavy atom. The maximum absolute atomic E-state index is 12.0. The quantitative estimate of drug-likeness (QED) is 0.641. The van der Waals surface area contributed by atoms with E-state index in [1.165, 1.54) is 0 Å². The monoisotopic (exact) mass is 206 g/mol. The summed E-state index contributed by atoms with van der Waals surface area (Å²) in [6, 6.07) is 2.85. The third kappa shape index (κ3) is 3.16. The van der Waals surface area contributed by atoms with Crippen LogP contribution in [0, 0.1) is 0 Å². The van der Waals surface area contributed by atoms with E-state index in [4.69, 9.17) is 11.5 Å². The van der Waals surface area contributed by atoms with E-state index >= 15 is 0 Å². The Labute approximate surface area is 80.7 Å². The zero-order valence-corrected chi connectivity index (χ0v) is 8.02. The SMILES string of the molecule is CC.Nc1ccc(C(F)(F)F)cc1N. The molecule has 0 fully saturated rings. The number of hydrogen-bond donors (Lipinski definition) is 2. The molecule has 5 heteroatoms. The van der Waals surface area contributed by atoms with Crippen molar-refractivity contribution in [2.75, 3.05) is 11.5 Å². The summed E-state index contributed by atoms with van der Waals surface area (Å²) in [6.45, 7) is 4.00. The molecule has 0 unspecified atom stereocenters. The number of nitrogens with two attached hydrogens (primary N) is 2. The maximum atomic E-state index is 12.0. The summed E-state index contributed by atoms with van der Waals surface area (Å²) in [7, 11) is 0. The van der Waals surface area contributed by atoms with E-state index < -0.39 is 11.7 Å². The van der Waals surface area contributed by atoms with Crippen molar-refractivity contribution in [1.29, 1.82) is 0 Å². The third-order valence-corrected chi connectivity index (χ3v) is 1.41. The number of halogens is 3. The molecule has 0 aliphatic carbocycles. The van der Waals surface area contributed by atoms with Crippen molar-refractivity contribution < 1.29 is 13.2 Å². The van der Waals surface area contributed by atoms with Crippen LogP contribution in [-0.4, -0.2) is 0 Å². The first kappa shape index (κ1) is 12.6. The summed E-state index contributed by atoms with van der Waals surface area (Å²) in [4.78, 5) is 0. The van der Waals surface area contributed by atoms with Gasteiger partial charge in [0.25, 0.3) is 0 Å². The molecule has 0 aromatic heterocycles. The van der Waals surface area contributed by atoms with Crippen molar-refractivity contribution >= 4 is 11.4 Å². The lowest BCUT2D eigenvalue weighted by Gasteiger charge is -2.07. The number of rotatable bonds is 0. The van der Waals surface area contributed by atoms with Crippen molar-refractivity contribution in [1.82, 2.24) is 0 Å². The van der Waals surface area contributed by atoms with Gasteiger partial charge in [0.15, 0.2) is 0 Å². The summed E-state index contributed by atoms with van der Waals surface area (Å²) >= 11 is 0. The first-order valence-electron chi connectivity index (χ1n) is 4.13. The van der Waals surface area contributed by atoms with E-state index in [0.29, 0.717) is 0 Å². The molecular weight excluding hydrogens is 193 g/mol. The minimum atomic E-state index is -4.36. The van der Waals surface area contributed by atoms with Gasteiger partial charge in [-0.25, -0.2) is 0 Å². The number of nitrogen functional groups attached to an aromatic ring is 2. The predicted molar refractivity (Wildman–Crippen MR) is 51.6 cm³/mol. The minimum Gasteiger partial charge on any atom is -0.397 e. The van der Waals surface area contributed by atoms with Crippen LogP contribution in [0.5, 0.6) is 0 Å². The molecule has 0 heterocycles. The Bertz CT molecular complexity index is 295. The highest BCUT2D eigenvalue weighted by atomic mass is 19.4. The normalized spacial score (nSPS) is 10.4. The van der Waals surface area contributed by atoms with Crippen molar-refractivity contribution in [2.24, 2.45) is 0 Å². The molecule has 0 atom stereocenters. The van der Waals surface area contributed by atoms with Gasteiger partial charge in [0.05, 0.1) is 16.9 Å². The standard InChI is InChI=1S/C7H7F3N2.C2H6/c8-7(9,10)4-1-2-5(11)6(12)3-4;1-2/h1-3H,11-12H2;1-2H3. The van der Waals surface area contributed by atoms with E-state index in [-0.39, 0.29) is 11.4 Å². The molecule has 0 aliphatic rings. The predicted octanol–water partition coefficient (Wildman–Crippen LogP) is 2.90. The van der Waals surface area contributed by atoms with E-state index in [0.717, 1.165) is 18.2 Å². The number of benzene rings is 1.